The van der Waals surface area contributed by atoms with Crippen LogP contribution in [0, 0.1) is 18.6 Å². The molecule has 0 spiro atoms. The van der Waals surface area contributed by atoms with Gasteiger partial charge in [0.1, 0.15) is 23.9 Å². The minimum Gasteiger partial charge on any atom is -0.446 e. The van der Waals surface area contributed by atoms with Crippen molar-refractivity contribution in [2.24, 2.45) is 0 Å². The summed E-state index contributed by atoms with van der Waals surface area (Å²) in [5.74, 6) is -1.16. The lowest BCUT2D eigenvalue weighted by molar-refractivity contribution is 0.0472. The number of aryl methyl sites for hydroxylation is 1. The van der Waals surface area contributed by atoms with Crippen LogP contribution < -0.4 is 5.32 Å². The van der Waals surface area contributed by atoms with Crippen LogP contribution in [0.2, 0.25) is 0 Å². The minimum absolute atomic E-state index is 0.0351. The molecule has 43 heavy (non-hydrogen) atoms. The topological polar surface area (TPSA) is 93.5 Å². The van der Waals surface area contributed by atoms with E-state index in [1.165, 1.54) is 41.4 Å². The van der Waals surface area contributed by atoms with Crippen LogP contribution in [0.3, 0.4) is 0 Å². The molecule has 2 aliphatic rings. The lowest BCUT2D eigenvalue weighted by atomic mass is 9.92. The maximum atomic E-state index is 15.1. The Kier molecular flexibility index (Phi) is 7.80. The van der Waals surface area contributed by atoms with Crippen LogP contribution >= 0.6 is 0 Å². The van der Waals surface area contributed by atoms with E-state index in [0.29, 0.717) is 36.9 Å². The van der Waals surface area contributed by atoms with Gasteiger partial charge in [0.05, 0.1) is 23.3 Å². The number of ether oxygens (including phenoxy) is 1. The van der Waals surface area contributed by atoms with E-state index in [1.807, 2.05) is 6.92 Å². The van der Waals surface area contributed by atoms with Gasteiger partial charge >= 0.3 is 6.09 Å². The van der Waals surface area contributed by atoms with Crippen molar-refractivity contribution in [1.29, 1.82) is 0 Å². The van der Waals surface area contributed by atoms with Gasteiger partial charge in [-0.25, -0.2) is 35.3 Å². The second kappa shape index (κ2) is 11.6. The van der Waals surface area contributed by atoms with Crippen LogP contribution in [0.1, 0.15) is 37.7 Å². The Balaban J connectivity index is 1.27. The molecule has 12 heteroatoms. The molecule has 3 heterocycles. The summed E-state index contributed by atoms with van der Waals surface area (Å²) in [5, 5.41) is 3.47. The zero-order chi connectivity index (χ0) is 30.3. The van der Waals surface area contributed by atoms with Gasteiger partial charge in [-0.15, -0.1) is 0 Å². The molecule has 1 aliphatic heterocycles. The monoisotopic (exact) mass is 612 g/mol. The fraction of sp³-hybridized carbons (Fsp3) is 0.355. The zero-order valence-electron chi connectivity index (χ0n) is 23.5. The first-order valence-corrected chi connectivity index (χ1v) is 15.7. The van der Waals surface area contributed by atoms with Crippen molar-refractivity contribution in [1.82, 2.24) is 13.9 Å². The number of alkyl halides is 1. The van der Waals surface area contributed by atoms with Gasteiger partial charge in [-0.2, -0.15) is 0 Å². The first-order valence-electron chi connectivity index (χ1n) is 14.2. The summed E-state index contributed by atoms with van der Waals surface area (Å²) in [6.07, 6.45) is 3.26. The van der Waals surface area contributed by atoms with Crippen LogP contribution in [0.5, 0.6) is 0 Å². The number of pyridine rings is 1. The second-order valence-corrected chi connectivity index (χ2v) is 13.0. The number of hydrogen-bond donors (Lipinski definition) is 1. The summed E-state index contributed by atoms with van der Waals surface area (Å²) in [7, 11) is -4.07. The number of carbonyl (C=O) groups is 1. The Morgan fingerprint density at radius 1 is 1.07 bits per heavy atom. The van der Waals surface area contributed by atoms with Crippen LogP contribution in [0.15, 0.2) is 65.8 Å². The summed E-state index contributed by atoms with van der Waals surface area (Å²) in [6.45, 7) is 2.21. The maximum absolute atomic E-state index is 15.1. The Morgan fingerprint density at radius 3 is 2.60 bits per heavy atom. The molecular formula is C31H31F3N4O4S. The number of benzene rings is 2. The highest BCUT2D eigenvalue weighted by atomic mass is 32.2. The third kappa shape index (κ3) is 5.93. The number of carbonyl (C=O) groups excluding carboxylic acids is 1. The molecule has 2 fully saturated rings. The quantitative estimate of drug-likeness (QED) is 0.270. The van der Waals surface area contributed by atoms with E-state index in [2.05, 4.69) is 10.3 Å². The van der Waals surface area contributed by atoms with E-state index >= 15 is 4.39 Å². The molecule has 0 radical (unpaired) electrons. The van der Waals surface area contributed by atoms with Gasteiger partial charge < -0.3 is 15.0 Å². The van der Waals surface area contributed by atoms with Gasteiger partial charge in [0.25, 0.3) is 10.0 Å². The van der Waals surface area contributed by atoms with Gasteiger partial charge in [-0.1, -0.05) is 23.8 Å². The van der Waals surface area contributed by atoms with Crippen molar-refractivity contribution in [2.45, 2.75) is 62.2 Å². The largest absolute Gasteiger partial charge is 0.446 e. The molecular weight excluding hydrogens is 581 g/mol. The van der Waals surface area contributed by atoms with Crippen LogP contribution in [-0.4, -0.2) is 59.8 Å². The van der Waals surface area contributed by atoms with Crippen molar-refractivity contribution in [2.75, 3.05) is 18.4 Å². The first-order chi connectivity index (χ1) is 20.6. The van der Waals surface area contributed by atoms with Gasteiger partial charge in [0.2, 0.25) is 0 Å². The summed E-state index contributed by atoms with van der Waals surface area (Å²) >= 11 is 0. The predicted octanol–water partition coefficient (Wildman–Crippen LogP) is 6.43. The average Bonchev–Trinajstić information content (AvgIpc) is 3.59. The lowest BCUT2D eigenvalue weighted by Gasteiger charge is -2.31. The lowest BCUT2D eigenvalue weighted by Crippen LogP contribution is -2.37. The van der Waals surface area contributed by atoms with Crippen molar-refractivity contribution < 1.29 is 31.1 Å². The van der Waals surface area contributed by atoms with Crippen molar-refractivity contribution in [3.63, 3.8) is 0 Å². The molecule has 2 aromatic heterocycles. The van der Waals surface area contributed by atoms with Gasteiger partial charge in [-0.3, -0.25) is 0 Å². The fourth-order valence-electron chi connectivity index (χ4n) is 5.80. The van der Waals surface area contributed by atoms with E-state index in [9.17, 15) is 22.0 Å². The highest BCUT2D eigenvalue weighted by molar-refractivity contribution is 7.90. The Morgan fingerprint density at radius 2 is 1.86 bits per heavy atom. The molecule has 226 valence electrons. The second-order valence-electron chi connectivity index (χ2n) is 11.2. The molecule has 2 aromatic carbocycles. The number of nitrogens with one attached hydrogen (secondary N) is 1. The van der Waals surface area contributed by atoms with E-state index < -0.39 is 33.9 Å². The minimum atomic E-state index is -4.07. The molecule has 4 aromatic rings. The number of nitrogens with zero attached hydrogens (tertiary/aromatic N) is 3. The summed E-state index contributed by atoms with van der Waals surface area (Å²) in [4.78, 5) is 18.0. The highest BCUT2D eigenvalue weighted by Crippen LogP contribution is 2.35. The molecule has 1 saturated carbocycles. The number of amides is 1. The number of likely N-dealkylation sites (tertiary alicyclic amines) is 1. The summed E-state index contributed by atoms with van der Waals surface area (Å²) < 4.78 is 76.7. The molecule has 8 nitrogen and oxygen atoms in total. The van der Waals surface area contributed by atoms with Gasteiger partial charge in [-0.05, 0) is 68.5 Å². The van der Waals surface area contributed by atoms with E-state index in [4.69, 9.17) is 4.74 Å². The van der Waals surface area contributed by atoms with Gasteiger partial charge in [0.15, 0.2) is 5.65 Å². The summed E-state index contributed by atoms with van der Waals surface area (Å²) in [5.41, 5.74) is 1.96. The maximum Gasteiger partial charge on any atom is 0.410 e. The molecule has 0 bridgehead atoms. The number of rotatable bonds is 6. The number of aromatic nitrogens is 2. The fourth-order valence-corrected chi connectivity index (χ4v) is 7.12. The van der Waals surface area contributed by atoms with Crippen molar-refractivity contribution in [3.8, 4) is 11.1 Å². The average molecular weight is 613 g/mol. The standard InChI is InChI=1S/C31H31F3N4O4S/c1-19-5-8-25(9-6-19)43(40,41)38-18-27(26-14-22(33)16-35-30(26)38)20-7-10-28(34)29(13-20)36-23-3-2-4-24(15-23)42-31(39)37-12-11-21(32)17-37/h5-10,13-14,16,18,21,23-24,36H,2-4,11-12,15,17H2,1H3/t21-,23+,24-/m1/s1. The third-order valence-electron chi connectivity index (χ3n) is 8.08. The van der Waals surface area contributed by atoms with Crippen LogP contribution in [0.25, 0.3) is 22.2 Å². The molecule has 1 amide bonds. The first kappa shape index (κ1) is 29.0. The number of anilines is 1. The Bertz CT molecular complexity index is 1780. The summed E-state index contributed by atoms with van der Waals surface area (Å²) in [6, 6.07) is 11.7. The smallest absolute Gasteiger partial charge is 0.410 e. The normalized spacial score (nSPS) is 20.8. The molecule has 1 saturated heterocycles. The van der Waals surface area contributed by atoms with E-state index in [1.54, 1.807) is 18.2 Å². The Hall–Kier alpha value is -4.06. The predicted molar refractivity (Wildman–Crippen MR) is 156 cm³/mol. The van der Waals surface area contributed by atoms with E-state index in [0.717, 1.165) is 28.6 Å². The highest BCUT2D eigenvalue weighted by Gasteiger charge is 2.31. The molecule has 3 atom stereocenters. The van der Waals surface area contributed by atoms with Crippen molar-refractivity contribution >= 4 is 32.8 Å². The number of halogens is 3. The van der Waals surface area contributed by atoms with Crippen molar-refractivity contribution in [3.05, 3.63) is 78.1 Å². The molecule has 6 rings (SSSR count). The molecule has 1 N–H and O–H groups in total. The van der Waals surface area contributed by atoms with E-state index in [-0.39, 0.29) is 40.3 Å². The van der Waals surface area contributed by atoms with Gasteiger partial charge in [0, 0.05) is 36.2 Å². The number of hydrogen-bond acceptors (Lipinski definition) is 6. The molecule has 0 unspecified atom stereocenters. The molecule has 1 aliphatic carbocycles. The zero-order valence-corrected chi connectivity index (χ0v) is 24.3. The number of fused-ring (bicyclic) bond motifs is 1. The Labute approximate surface area is 247 Å². The van der Waals surface area contributed by atoms with Crippen LogP contribution in [-0.2, 0) is 14.8 Å². The third-order valence-corrected chi connectivity index (χ3v) is 9.74. The SMILES string of the molecule is Cc1ccc(S(=O)(=O)n2cc(-c3ccc(F)c(N[C@H]4CCC[C@@H](OC(=O)N5CC[C@@H](F)C5)C4)c3)c3cc(F)cnc32)cc1. The van der Waals surface area contributed by atoms with Crippen LogP contribution in [0.4, 0.5) is 23.7 Å².